The molecule has 0 spiro atoms. The van der Waals surface area contributed by atoms with Gasteiger partial charge in [-0.05, 0) is 56.1 Å². The van der Waals surface area contributed by atoms with Gasteiger partial charge < -0.3 is 4.74 Å². The van der Waals surface area contributed by atoms with Crippen molar-refractivity contribution < 1.29 is 14.3 Å². The van der Waals surface area contributed by atoms with Gasteiger partial charge in [-0.3, -0.25) is 9.59 Å². The number of allylic oxidation sites excluding steroid dienone is 3. The van der Waals surface area contributed by atoms with E-state index in [1.165, 1.54) is 0 Å². The molecule has 4 nitrogen and oxygen atoms in total. The molecule has 206 valence electrons. The van der Waals surface area contributed by atoms with E-state index in [1.807, 2.05) is 65.2 Å². The van der Waals surface area contributed by atoms with Gasteiger partial charge in [-0.2, -0.15) is 0 Å². The maximum Gasteiger partial charge on any atom is 0.306 e. The molecule has 0 aliphatic rings. The molecule has 0 radical (unpaired) electrons. The zero-order chi connectivity index (χ0) is 28.3. The summed E-state index contributed by atoms with van der Waals surface area (Å²) in [5, 5.41) is 3.11. The van der Waals surface area contributed by atoms with Crippen LogP contribution in [0.15, 0.2) is 47.9 Å². The Labute approximate surface area is 230 Å². The van der Waals surface area contributed by atoms with Gasteiger partial charge in [-0.25, -0.2) is 4.98 Å². The minimum absolute atomic E-state index is 0.0977. The number of Topliss-reactive ketones (excluding diaryl/α,β-unsaturated/α-hetero) is 1. The number of aryl methyl sites for hydroxylation is 1. The monoisotopic (exact) mass is 527 g/mol. The summed E-state index contributed by atoms with van der Waals surface area (Å²) in [7, 11) is 0. The molecule has 0 saturated carbocycles. The molecule has 5 atom stereocenters. The summed E-state index contributed by atoms with van der Waals surface area (Å²) in [5.74, 6) is 0.270. The lowest BCUT2D eigenvalue weighted by atomic mass is 9.67. The molecule has 1 aromatic heterocycles. The zero-order valence-electron chi connectivity index (χ0n) is 24.6. The topological polar surface area (TPSA) is 56.3 Å². The van der Waals surface area contributed by atoms with Gasteiger partial charge in [0.2, 0.25) is 0 Å². The molecule has 5 heteroatoms. The average Bonchev–Trinajstić information content (AvgIpc) is 3.32. The normalized spacial score (nSPS) is 16.9. The number of thiazole rings is 1. The van der Waals surface area contributed by atoms with Crippen LogP contribution in [0.2, 0.25) is 0 Å². The minimum Gasteiger partial charge on any atom is -0.457 e. The molecule has 37 heavy (non-hydrogen) atoms. The fourth-order valence-corrected chi connectivity index (χ4v) is 5.04. The Bertz CT molecular complexity index is 984. The van der Waals surface area contributed by atoms with Crippen molar-refractivity contribution in [2.75, 3.05) is 0 Å². The van der Waals surface area contributed by atoms with Crippen molar-refractivity contribution in [3.63, 3.8) is 0 Å². The van der Waals surface area contributed by atoms with Gasteiger partial charge in [0.05, 0.1) is 10.7 Å². The van der Waals surface area contributed by atoms with E-state index in [-0.39, 0.29) is 35.9 Å². The van der Waals surface area contributed by atoms with Gasteiger partial charge in [0.15, 0.2) is 0 Å². The quantitative estimate of drug-likeness (QED) is 0.123. The second kappa shape index (κ2) is 15.2. The molecule has 0 aromatic carbocycles. The maximum atomic E-state index is 13.5. The first-order valence-electron chi connectivity index (χ1n) is 13.5. The highest BCUT2D eigenvalue weighted by molar-refractivity contribution is 7.09. The Morgan fingerprint density at radius 1 is 1.14 bits per heavy atom. The smallest absolute Gasteiger partial charge is 0.306 e. The predicted molar refractivity (Wildman–Crippen MR) is 158 cm³/mol. The standard InChI is InChI=1S/C32H49NO3S/c1-12-15-22(5)25(8)26(9)31(35)32(10,11)24(7)19-30(34)36-28(17-16-21(4)13-2)23(6)18-27-20-37-29(14-3)33-27/h12-13,16,18,20,22,24-26,28H,1-2,14-15,17,19H2,3-11H3/b21-16-,23-18+/t22-,24-,25-,26+,28-/m0/s1. The molecular formula is C32H49NO3S. The van der Waals surface area contributed by atoms with Gasteiger partial charge >= 0.3 is 5.97 Å². The van der Waals surface area contributed by atoms with Crippen molar-refractivity contribution in [1.82, 2.24) is 4.98 Å². The third-order valence-corrected chi connectivity index (χ3v) is 8.99. The molecule has 0 amide bonds. The molecule has 0 aliphatic heterocycles. The van der Waals surface area contributed by atoms with Crippen LogP contribution in [0.3, 0.4) is 0 Å². The highest BCUT2D eigenvalue weighted by Crippen LogP contribution is 2.37. The van der Waals surface area contributed by atoms with Crippen LogP contribution in [0.25, 0.3) is 6.08 Å². The molecule has 1 aromatic rings. The van der Waals surface area contributed by atoms with Crippen LogP contribution in [0.4, 0.5) is 0 Å². The lowest BCUT2D eigenvalue weighted by Crippen LogP contribution is -2.40. The molecule has 1 rings (SSSR count). The molecule has 0 bridgehead atoms. The van der Waals surface area contributed by atoms with Gasteiger partial charge in [-0.1, -0.05) is 78.8 Å². The summed E-state index contributed by atoms with van der Waals surface area (Å²) < 4.78 is 6.00. The number of hydrogen-bond donors (Lipinski definition) is 0. The largest absolute Gasteiger partial charge is 0.457 e. The number of carbonyl (C=O) groups excluding carboxylic acids is 2. The van der Waals surface area contributed by atoms with Crippen molar-refractivity contribution in [2.45, 2.75) is 94.1 Å². The van der Waals surface area contributed by atoms with E-state index in [4.69, 9.17) is 4.74 Å². The van der Waals surface area contributed by atoms with E-state index in [2.05, 4.69) is 38.9 Å². The highest BCUT2D eigenvalue weighted by Gasteiger charge is 2.40. The van der Waals surface area contributed by atoms with E-state index in [1.54, 1.807) is 17.4 Å². The summed E-state index contributed by atoms with van der Waals surface area (Å²) >= 11 is 1.64. The average molecular weight is 528 g/mol. The molecule has 0 N–H and O–H groups in total. The second-order valence-corrected chi connectivity index (χ2v) is 12.1. The Morgan fingerprint density at radius 3 is 2.32 bits per heavy atom. The van der Waals surface area contributed by atoms with Crippen LogP contribution in [-0.4, -0.2) is 22.8 Å². The summed E-state index contributed by atoms with van der Waals surface area (Å²) in [6, 6.07) is 0. The number of rotatable bonds is 16. The van der Waals surface area contributed by atoms with Crippen LogP contribution >= 0.6 is 11.3 Å². The Kier molecular flexibility index (Phi) is 13.5. The van der Waals surface area contributed by atoms with E-state index < -0.39 is 11.5 Å². The first-order chi connectivity index (χ1) is 17.3. The van der Waals surface area contributed by atoms with Gasteiger partial charge in [0.25, 0.3) is 0 Å². The van der Waals surface area contributed by atoms with Crippen molar-refractivity contribution in [1.29, 1.82) is 0 Å². The lowest BCUT2D eigenvalue weighted by Gasteiger charge is -2.35. The number of ether oxygens (including phenoxy) is 1. The zero-order valence-corrected chi connectivity index (χ0v) is 25.4. The van der Waals surface area contributed by atoms with Crippen molar-refractivity contribution in [2.24, 2.45) is 29.1 Å². The van der Waals surface area contributed by atoms with Gasteiger partial charge in [-0.15, -0.1) is 17.9 Å². The predicted octanol–water partition coefficient (Wildman–Crippen LogP) is 8.65. The molecule has 0 fully saturated rings. The summed E-state index contributed by atoms with van der Waals surface area (Å²) in [6.45, 7) is 25.9. The Balaban J connectivity index is 3.01. The van der Waals surface area contributed by atoms with Crippen molar-refractivity contribution in [3.8, 4) is 0 Å². The number of carbonyl (C=O) groups is 2. The van der Waals surface area contributed by atoms with Crippen molar-refractivity contribution >= 4 is 29.2 Å². The number of esters is 1. The lowest BCUT2D eigenvalue weighted by molar-refractivity contribution is -0.150. The fourth-order valence-electron chi connectivity index (χ4n) is 4.33. The third-order valence-electron chi connectivity index (χ3n) is 7.98. The van der Waals surface area contributed by atoms with E-state index >= 15 is 0 Å². The summed E-state index contributed by atoms with van der Waals surface area (Å²) in [6.07, 6.45) is 9.86. The number of nitrogens with zero attached hydrogens (tertiary/aromatic N) is 1. The molecule has 0 saturated heterocycles. The van der Waals surface area contributed by atoms with E-state index in [0.717, 1.165) is 34.7 Å². The Hall–Kier alpha value is -2.27. The Morgan fingerprint density at radius 2 is 1.78 bits per heavy atom. The SMILES string of the molecule is C=CC[C@H](C)[C@H](C)[C@@H](C)C(=O)C(C)(C)[C@@H](C)CC(=O)O[C@@H](C/C=C(/C)C=C)/C(C)=C/c1csc(CC)n1. The molecule has 0 aliphatic carbocycles. The highest BCUT2D eigenvalue weighted by atomic mass is 32.1. The summed E-state index contributed by atoms with van der Waals surface area (Å²) in [5.41, 5.74) is 2.22. The first-order valence-corrected chi connectivity index (χ1v) is 14.4. The molecular weight excluding hydrogens is 478 g/mol. The minimum atomic E-state index is -0.641. The van der Waals surface area contributed by atoms with Crippen LogP contribution < -0.4 is 0 Å². The maximum absolute atomic E-state index is 13.5. The van der Waals surface area contributed by atoms with E-state index in [9.17, 15) is 9.59 Å². The molecule has 0 unspecified atom stereocenters. The number of aromatic nitrogens is 1. The fraction of sp³-hybridized carbons (Fsp3) is 0.594. The van der Waals surface area contributed by atoms with Gasteiger partial charge in [0, 0.05) is 29.6 Å². The number of hydrogen-bond acceptors (Lipinski definition) is 5. The number of ketones is 1. The summed E-state index contributed by atoms with van der Waals surface area (Å²) in [4.78, 5) is 31.2. The van der Waals surface area contributed by atoms with Gasteiger partial charge in [0.1, 0.15) is 11.9 Å². The molecule has 1 heterocycles. The third kappa shape index (κ3) is 9.85. The van der Waals surface area contributed by atoms with Crippen LogP contribution in [0.5, 0.6) is 0 Å². The van der Waals surface area contributed by atoms with E-state index in [0.29, 0.717) is 12.3 Å². The first kappa shape index (κ1) is 32.8. The van der Waals surface area contributed by atoms with Crippen molar-refractivity contribution in [3.05, 3.63) is 58.6 Å². The van der Waals surface area contributed by atoms with Crippen LogP contribution in [-0.2, 0) is 20.7 Å². The van der Waals surface area contributed by atoms with Crippen LogP contribution in [0.1, 0.15) is 92.3 Å². The van der Waals surface area contributed by atoms with Crippen LogP contribution in [0, 0.1) is 29.1 Å². The second-order valence-electron chi connectivity index (χ2n) is 11.1.